The summed E-state index contributed by atoms with van der Waals surface area (Å²) in [5.74, 6) is 0.341. The van der Waals surface area contributed by atoms with Gasteiger partial charge in [0, 0.05) is 57.8 Å². The number of nitrogens with zero attached hydrogens (tertiary/aromatic N) is 3. The second-order valence-corrected chi connectivity index (χ2v) is 7.73. The Morgan fingerprint density at radius 2 is 1.79 bits per heavy atom. The fourth-order valence-electron chi connectivity index (χ4n) is 4.02. The number of hydrogen-bond acceptors (Lipinski definition) is 4. The number of carbonyl (C=O) groups excluding carboxylic acids is 2. The summed E-state index contributed by atoms with van der Waals surface area (Å²) in [7, 11) is 0. The van der Waals surface area contributed by atoms with Crippen molar-refractivity contribution in [1.82, 2.24) is 20.0 Å². The number of nitrogens with one attached hydrogen (secondary N) is 1. The standard InChI is InChI=1S/C20H27FN4O2.ClH/c21-17-3-1-2-16(12-17)18-13-22-6-7-25(18)14-19(26)23-8-10-24(11-9-23)20(27)15-4-5-15;/h1-3,12,15,18,22H,4-11,13-14H2;1H. The highest BCUT2D eigenvalue weighted by Crippen LogP contribution is 2.31. The van der Waals surface area contributed by atoms with E-state index >= 15 is 0 Å². The molecule has 2 heterocycles. The average molecular weight is 411 g/mol. The van der Waals surface area contributed by atoms with Crippen LogP contribution in [-0.4, -0.2) is 78.9 Å². The van der Waals surface area contributed by atoms with Crippen molar-refractivity contribution in [3.8, 4) is 0 Å². The molecule has 1 aromatic carbocycles. The molecule has 0 bridgehead atoms. The molecule has 4 rings (SSSR count). The first-order chi connectivity index (χ1) is 13.1. The molecule has 1 atom stereocenters. The summed E-state index contributed by atoms with van der Waals surface area (Å²) in [6.07, 6.45) is 2.03. The molecule has 1 unspecified atom stereocenters. The molecular formula is C20H28ClFN4O2. The van der Waals surface area contributed by atoms with Gasteiger partial charge < -0.3 is 15.1 Å². The highest BCUT2D eigenvalue weighted by atomic mass is 35.5. The molecule has 3 fully saturated rings. The maximum atomic E-state index is 13.6. The number of benzene rings is 1. The van der Waals surface area contributed by atoms with Crippen LogP contribution >= 0.6 is 12.4 Å². The van der Waals surface area contributed by atoms with Crippen molar-refractivity contribution < 1.29 is 14.0 Å². The van der Waals surface area contributed by atoms with E-state index in [1.807, 2.05) is 15.9 Å². The molecule has 0 aromatic heterocycles. The minimum atomic E-state index is -0.249. The van der Waals surface area contributed by atoms with Gasteiger partial charge in [-0.05, 0) is 30.5 Å². The molecule has 3 aliphatic rings. The van der Waals surface area contributed by atoms with Crippen molar-refractivity contribution >= 4 is 24.2 Å². The molecule has 1 aromatic rings. The van der Waals surface area contributed by atoms with Crippen molar-refractivity contribution in [3.63, 3.8) is 0 Å². The van der Waals surface area contributed by atoms with E-state index in [2.05, 4.69) is 10.2 Å². The van der Waals surface area contributed by atoms with E-state index < -0.39 is 0 Å². The summed E-state index contributed by atoms with van der Waals surface area (Å²) < 4.78 is 13.6. The smallest absolute Gasteiger partial charge is 0.236 e. The summed E-state index contributed by atoms with van der Waals surface area (Å²) in [6, 6.07) is 6.63. The van der Waals surface area contributed by atoms with Crippen LogP contribution in [0.4, 0.5) is 4.39 Å². The predicted molar refractivity (Wildman–Crippen MR) is 107 cm³/mol. The molecule has 2 saturated heterocycles. The maximum Gasteiger partial charge on any atom is 0.236 e. The first-order valence-electron chi connectivity index (χ1n) is 9.88. The van der Waals surface area contributed by atoms with Crippen LogP contribution in [0.2, 0.25) is 0 Å². The highest BCUT2D eigenvalue weighted by molar-refractivity contribution is 5.85. The maximum absolute atomic E-state index is 13.6. The quantitative estimate of drug-likeness (QED) is 0.812. The topological polar surface area (TPSA) is 55.9 Å². The molecule has 1 aliphatic carbocycles. The van der Waals surface area contributed by atoms with E-state index in [1.54, 1.807) is 12.1 Å². The van der Waals surface area contributed by atoms with Gasteiger partial charge in [-0.3, -0.25) is 14.5 Å². The fourth-order valence-corrected chi connectivity index (χ4v) is 4.02. The lowest BCUT2D eigenvalue weighted by molar-refractivity contribution is -0.141. The number of rotatable bonds is 4. The van der Waals surface area contributed by atoms with E-state index in [4.69, 9.17) is 0 Å². The molecule has 2 aliphatic heterocycles. The Bertz CT molecular complexity index is 707. The molecule has 8 heteroatoms. The predicted octanol–water partition coefficient (Wildman–Crippen LogP) is 1.27. The fraction of sp³-hybridized carbons (Fsp3) is 0.600. The van der Waals surface area contributed by atoms with Gasteiger partial charge in [0.25, 0.3) is 0 Å². The molecule has 0 spiro atoms. The Morgan fingerprint density at radius 3 is 2.46 bits per heavy atom. The van der Waals surface area contributed by atoms with Gasteiger partial charge in [0.2, 0.25) is 11.8 Å². The third-order valence-electron chi connectivity index (χ3n) is 5.80. The van der Waals surface area contributed by atoms with Crippen molar-refractivity contribution in [2.45, 2.75) is 18.9 Å². The Morgan fingerprint density at radius 1 is 1.07 bits per heavy atom. The summed E-state index contributed by atoms with van der Waals surface area (Å²) >= 11 is 0. The Kier molecular flexibility index (Phi) is 6.91. The number of piperazine rings is 2. The minimum Gasteiger partial charge on any atom is -0.339 e. The summed E-state index contributed by atoms with van der Waals surface area (Å²) in [4.78, 5) is 30.9. The van der Waals surface area contributed by atoms with Crippen LogP contribution in [0.15, 0.2) is 24.3 Å². The van der Waals surface area contributed by atoms with Gasteiger partial charge in [0.15, 0.2) is 0 Å². The number of halogens is 2. The SMILES string of the molecule is Cl.O=C(CN1CCNCC1c1cccc(F)c1)N1CCN(C(=O)C2CC2)CC1. The van der Waals surface area contributed by atoms with Gasteiger partial charge in [-0.25, -0.2) is 4.39 Å². The number of carbonyl (C=O) groups is 2. The van der Waals surface area contributed by atoms with Crippen molar-refractivity contribution in [2.75, 3.05) is 52.4 Å². The molecule has 28 heavy (non-hydrogen) atoms. The van der Waals surface area contributed by atoms with E-state index in [1.165, 1.54) is 6.07 Å². The van der Waals surface area contributed by atoms with Crippen LogP contribution in [0, 0.1) is 11.7 Å². The largest absolute Gasteiger partial charge is 0.339 e. The summed E-state index contributed by atoms with van der Waals surface area (Å²) in [6.45, 7) is 5.10. The van der Waals surface area contributed by atoms with E-state index in [9.17, 15) is 14.0 Å². The molecule has 0 radical (unpaired) electrons. The average Bonchev–Trinajstić information content (AvgIpc) is 3.53. The molecule has 1 N–H and O–H groups in total. The molecule has 1 saturated carbocycles. The van der Waals surface area contributed by atoms with E-state index in [-0.39, 0.29) is 42.0 Å². The van der Waals surface area contributed by atoms with Crippen molar-refractivity contribution in [1.29, 1.82) is 0 Å². The molecule has 2 amide bonds. The normalized spacial score (nSPS) is 23.2. The lowest BCUT2D eigenvalue weighted by Crippen LogP contribution is -2.55. The van der Waals surface area contributed by atoms with E-state index in [0.717, 1.165) is 31.5 Å². The van der Waals surface area contributed by atoms with Gasteiger partial charge in [0.05, 0.1) is 6.54 Å². The first kappa shape index (κ1) is 21.0. The lowest BCUT2D eigenvalue weighted by Gasteiger charge is -2.39. The second-order valence-electron chi connectivity index (χ2n) is 7.73. The number of hydrogen-bond donors (Lipinski definition) is 1. The Balaban J connectivity index is 0.00000225. The lowest BCUT2D eigenvalue weighted by atomic mass is 10.0. The van der Waals surface area contributed by atoms with Crippen LogP contribution in [0.5, 0.6) is 0 Å². The van der Waals surface area contributed by atoms with Crippen LogP contribution in [0.25, 0.3) is 0 Å². The summed E-state index contributed by atoms with van der Waals surface area (Å²) in [5.41, 5.74) is 0.898. The zero-order chi connectivity index (χ0) is 18.8. The minimum absolute atomic E-state index is 0. The van der Waals surface area contributed by atoms with Gasteiger partial charge in [-0.1, -0.05) is 12.1 Å². The second kappa shape index (κ2) is 9.20. The van der Waals surface area contributed by atoms with Crippen molar-refractivity contribution in [3.05, 3.63) is 35.6 Å². The van der Waals surface area contributed by atoms with Crippen LogP contribution in [-0.2, 0) is 9.59 Å². The van der Waals surface area contributed by atoms with Crippen LogP contribution < -0.4 is 5.32 Å². The zero-order valence-corrected chi connectivity index (χ0v) is 16.8. The Labute approximate surface area is 171 Å². The third kappa shape index (κ3) is 4.82. The van der Waals surface area contributed by atoms with Gasteiger partial charge in [0.1, 0.15) is 5.82 Å². The zero-order valence-electron chi connectivity index (χ0n) is 16.0. The Hall–Kier alpha value is -1.70. The van der Waals surface area contributed by atoms with Gasteiger partial charge in [-0.15, -0.1) is 12.4 Å². The third-order valence-corrected chi connectivity index (χ3v) is 5.80. The first-order valence-corrected chi connectivity index (χ1v) is 9.88. The van der Waals surface area contributed by atoms with Crippen LogP contribution in [0.1, 0.15) is 24.4 Å². The van der Waals surface area contributed by atoms with Crippen molar-refractivity contribution in [2.24, 2.45) is 5.92 Å². The van der Waals surface area contributed by atoms with E-state index in [0.29, 0.717) is 39.3 Å². The molecule has 154 valence electrons. The highest BCUT2D eigenvalue weighted by Gasteiger charge is 2.35. The number of amides is 2. The monoisotopic (exact) mass is 410 g/mol. The summed E-state index contributed by atoms with van der Waals surface area (Å²) in [5, 5.41) is 3.34. The molecular weight excluding hydrogens is 383 g/mol. The van der Waals surface area contributed by atoms with Gasteiger partial charge in [-0.2, -0.15) is 0 Å². The molecule has 6 nitrogen and oxygen atoms in total. The van der Waals surface area contributed by atoms with Crippen LogP contribution in [0.3, 0.4) is 0 Å². The van der Waals surface area contributed by atoms with Gasteiger partial charge >= 0.3 is 0 Å².